The lowest BCUT2D eigenvalue weighted by Crippen LogP contribution is -2.50. The fourth-order valence-electron chi connectivity index (χ4n) is 4.63. The molecular formula is C22H24ClN3O3S. The molecule has 3 unspecified atom stereocenters. The molecule has 1 saturated heterocycles. The van der Waals surface area contributed by atoms with Crippen molar-refractivity contribution < 1.29 is 14.3 Å². The van der Waals surface area contributed by atoms with Crippen LogP contribution in [-0.2, 0) is 22.4 Å². The third kappa shape index (κ3) is 3.06. The molecular weight excluding hydrogens is 422 g/mol. The van der Waals surface area contributed by atoms with Crippen LogP contribution in [0.4, 0.5) is 4.79 Å². The van der Waals surface area contributed by atoms with E-state index in [2.05, 4.69) is 16.5 Å². The Balaban J connectivity index is 1.68. The minimum absolute atomic E-state index is 0.162. The van der Waals surface area contributed by atoms with Gasteiger partial charge in [-0.2, -0.15) is 0 Å². The summed E-state index contributed by atoms with van der Waals surface area (Å²) < 4.78 is 5.56. The molecule has 0 N–H and O–H groups in total. The fourth-order valence-corrected chi connectivity index (χ4v) is 6.27. The van der Waals surface area contributed by atoms with Crippen LogP contribution in [0.1, 0.15) is 44.1 Å². The molecule has 1 aliphatic heterocycles. The minimum Gasteiger partial charge on any atom is -0.439 e. The highest BCUT2D eigenvalue weighted by atomic mass is 35.5. The Morgan fingerprint density at radius 1 is 1.50 bits per heavy atom. The molecule has 158 valence electrons. The molecule has 2 amide bonds. The first-order valence-corrected chi connectivity index (χ1v) is 11.3. The standard InChI is InChI=1S/C22H24ClN3O3S/c1-5-13(6-2)17-12(4)26(21(28)29-17)20(27)22(7-3)9-8-14-15(10-22)30-19-16(14)18(23)24-11-25-19/h5-6,11-12,17H,1,7-10H2,2-4H3. The highest BCUT2D eigenvalue weighted by molar-refractivity contribution is 7.19. The average molecular weight is 446 g/mol. The van der Waals surface area contributed by atoms with Gasteiger partial charge in [-0.25, -0.2) is 19.7 Å². The Morgan fingerprint density at radius 3 is 2.93 bits per heavy atom. The van der Waals surface area contributed by atoms with Crippen molar-refractivity contribution in [2.75, 3.05) is 0 Å². The van der Waals surface area contributed by atoms with Crippen molar-refractivity contribution in [2.45, 2.75) is 58.6 Å². The Bertz CT molecular complexity index is 1080. The van der Waals surface area contributed by atoms with E-state index < -0.39 is 17.6 Å². The number of ether oxygens (including phenoxy) is 1. The van der Waals surface area contributed by atoms with Crippen molar-refractivity contribution in [3.05, 3.63) is 46.2 Å². The molecule has 0 radical (unpaired) electrons. The molecule has 4 rings (SSSR count). The van der Waals surface area contributed by atoms with E-state index in [9.17, 15) is 9.59 Å². The Morgan fingerprint density at radius 2 is 2.27 bits per heavy atom. The highest BCUT2D eigenvalue weighted by Crippen LogP contribution is 2.47. The number of hydrogen-bond donors (Lipinski definition) is 0. The maximum absolute atomic E-state index is 13.7. The second-order valence-corrected chi connectivity index (χ2v) is 9.31. The van der Waals surface area contributed by atoms with Crippen LogP contribution in [0, 0.1) is 5.41 Å². The lowest BCUT2D eigenvalue weighted by atomic mass is 9.71. The number of fused-ring (bicyclic) bond motifs is 3. The van der Waals surface area contributed by atoms with Gasteiger partial charge < -0.3 is 4.74 Å². The molecule has 0 bridgehead atoms. The molecule has 30 heavy (non-hydrogen) atoms. The Kier molecular flexibility index (Phi) is 5.45. The largest absolute Gasteiger partial charge is 0.439 e. The molecule has 0 aromatic carbocycles. The van der Waals surface area contributed by atoms with E-state index in [4.69, 9.17) is 16.3 Å². The number of cyclic esters (lactones) is 1. The van der Waals surface area contributed by atoms with Crippen molar-refractivity contribution in [3.8, 4) is 0 Å². The van der Waals surface area contributed by atoms with Crippen LogP contribution >= 0.6 is 22.9 Å². The molecule has 8 heteroatoms. The zero-order valence-corrected chi connectivity index (χ0v) is 18.8. The lowest BCUT2D eigenvalue weighted by molar-refractivity contribution is -0.140. The van der Waals surface area contributed by atoms with Gasteiger partial charge in [0, 0.05) is 4.88 Å². The van der Waals surface area contributed by atoms with Gasteiger partial charge in [0.25, 0.3) is 0 Å². The number of thiophene rings is 1. The summed E-state index contributed by atoms with van der Waals surface area (Å²) in [5.74, 6) is -0.162. The van der Waals surface area contributed by atoms with Gasteiger partial charge >= 0.3 is 6.09 Å². The SMILES string of the molecule is C=CC(=CC)C1OC(=O)N(C(=O)C2(CC)CCc3c(sc4ncnc(Cl)c34)C2)C1C. The predicted molar refractivity (Wildman–Crippen MR) is 118 cm³/mol. The first-order valence-electron chi connectivity index (χ1n) is 10.1. The number of aromatic nitrogens is 2. The van der Waals surface area contributed by atoms with Crippen LogP contribution < -0.4 is 0 Å². The summed E-state index contributed by atoms with van der Waals surface area (Å²) in [5, 5.41) is 1.35. The second-order valence-electron chi connectivity index (χ2n) is 7.87. The number of rotatable bonds is 4. The van der Waals surface area contributed by atoms with E-state index in [-0.39, 0.29) is 11.9 Å². The maximum Gasteiger partial charge on any atom is 0.417 e. The molecule has 0 spiro atoms. The number of carbonyl (C=O) groups excluding carboxylic acids is 2. The molecule has 2 aliphatic rings. The third-order valence-electron chi connectivity index (χ3n) is 6.49. The van der Waals surface area contributed by atoms with Crippen LogP contribution in [-0.4, -0.2) is 39.0 Å². The highest BCUT2D eigenvalue weighted by Gasteiger charge is 2.51. The normalized spacial score (nSPS) is 26.6. The molecule has 2 aromatic rings. The number of carbonyl (C=O) groups is 2. The van der Waals surface area contributed by atoms with Crippen molar-refractivity contribution in [1.82, 2.24) is 14.9 Å². The van der Waals surface area contributed by atoms with Gasteiger partial charge in [0.15, 0.2) is 0 Å². The topological polar surface area (TPSA) is 72.4 Å². The number of amides is 2. The monoisotopic (exact) mass is 445 g/mol. The Labute approximate surface area is 184 Å². The number of allylic oxidation sites excluding steroid dienone is 1. The van der Waals surface area contributed by atoms with E-state index in [1.807, 2.05) is 26.8 Å². The van der Waals surface area contributed by atoms with Gasteiger partial charge in [-0.3, -0.25) is 4.79 Å². The van der Waals surface area contributed by atoms with Gasteiger partial charge in [0.2, 0.25) is 5.91 Å². The van der Waals surface area contributed by atoms with E-state index >= 15 is 0 Å². The van der Waals surface area contributed by atoms with Crippen molar-refractivity contribution >= 4 is 45.2 Å². The summed E-state index contributed by atoms with van der Waals surface area (Å²) in [7, 11) is 0. The lowest BCUT2D eigenvalue weighted by Gasteiger charge is -2.37. The molecule has 2 aromatic heterocycles. The van der Waals surface area contributed by atoms with Crippen LogP contribution in [0.2, 0.25) is 5.15 Å². The summed E-state index contributed by atoms with van der Waals surface area (Å²) in [6.45, 7) is 9.53. The molecule has 1 aliphatic carbocycles. The summed E-state index contributed by atoms with van der Waals surface area (Å²) in [6.07, 6.45) is 6.48. The van der Waals surface area contributed by atoms with Gasteiger partial charge in [-0.05, 0) is 50.7 Å². The quantitative estimate of drug-likeness (QED) is 0.483. The first-order chi connectivity index (χ1) is 14.4. The Hall–Kier alpha value is -2.25. The van der Waals surface area contributed by atoms with E-state index in [1.165, 1.54) is 11.2 Å². The van der Waals surface area contributed by atoms with E-state index in [1.54, 1.807) is 17.4 Å². The average Bonchev–Trinajstić information content (AvgIpc) is 3.25. The molecule has 0 saturated carbocycles. The van der Waals surface area contributed by atoms with Gasteiger partial charge in [-0.15, -0.1) is 11.3 Å². The maximum atomic E-state index is 13.7. The number of imide groups is 1. The number of hydrogen-bond acceptors (Lipinski definition) is 6. The molecule has 3 atom stereocenters. The second kappa shape index (κ2) is 7.78. The summed E-state index contributed by atoms with van der Waals surface area (Å²) in [4.78, 5) is 38.2. The van der Waals surface area contributed by atoms with Crippen molar-refractivity contribution in [3.63, 3.8) is 0 Å². The zero-order chi connectivity index (χ0) is 21.6. The van der Waals surface area contributed by atoms with Crippen LogP contribution in [0.25, 0.3) is 10.2 Å². The molecule has 6 nitrogen and oxygen atoms in total. The van der Waals surface area contributed by atoms with Crippen LogP contribution in [0.5, 0.6) is 0 Å². The smallest absolute Gasteiger partial charge is 0.417 e. The van der Waals surface area contributed by atoms with Crippen molar-refractivity contribution in [2.24, 2.45) is 5.41 Å². The summed E-state index contributed by atoms with van der Waals surface area (Å²) in [6, 6.07) is -0.387. The van der Waals surface area contributed by atoms with E-state index in [0.717, 1.165) is 26.2 Å². The minimum atomic E-state index is -0.653. The summed E-state index contributed by atoms with van der Waals surface area (Å²) in [5.41, 5.74) is 1.29. The number of halogens is 1. The summed E-state index contributed by atoms with van der Waals surface area (Å²) >= 11 is 7.88. The molecule has 3 heterocycles. The van der Waals surface area contributed by atoms with Crippen molar-refractivity contribution in [1.29, 1.82) is 0 Å². The van der Waals surface area contributed by atoms with Crippen LogP contribution in [0.3, 0.4) is 0 Å². The zero-order valence-electron chi connectivity index (χ0n) is 17.3. The third-order valence-corrected chi connectivity index (χ3v) is 7.92. The van der Waals surface area contributed by atoms with E-state index in [0.29, 0.717) is 30.8 Å². The fraction of sp³-hybridized carbons (Fsp3) is 0.455. The molecule has 1 fully saturated rings. The predicted octanol–water partition coefficient (Wildman–Crippen LogP) is 5.10. The van der Waals surface area contributed by atoms with Gasteiger partial charge in [0.05, 0.1) is 16.8 Å². The van der Waals surface area contributed by atoms with Gasteiger partial charge in [0.1, 0.15) is 22.4 Å². The van der Waals surface area contributed by atoms with Crippen LogP contribution in [0.15, 0.2) is 30.6 Å². The first kappa shape index (κ1) is 21.0. The number of aryl methyl sites for hydroxylation is 1. The van der Waals surface area contributed by atoms with Gasteiger partial charge in [-0.1, -0.05) is 37.3 Å². The number of nitrogens with zero attached hydrogens (tertiary/aromatic N) is 3.